The number of hydrogen-bond acceptors (Lipinski definition) is 4. The van der Waals surface area contributed by atoms with Crippen molar-refractivity contribution >= 4 is 17.1 Å². The van der Waals surface area contributed by atoms with Crippen LogP contribution in [-0.2, 0) is 11.2 Å². The number of Topliss-reactive ketones (excluding diaryl/α,β-unsaturated/α-hetero) is 1. The number of aryl methyl sites for hydroxylation is 1. The minimum atomic E-state index is 0.0834. The van der Waals surface area contributed by atoms with Crippen LogP contribution in [0.2, 0.25) is 0 Å². The molecule has 0 aliphatic carbocycles. The smallest absolute Gasteiger partial charge is 0.236 e. The van der Waals surface area contributed by atoms with E-state index in [0.717, 1.165) is 4.88 Å². The van der Waals surface area contributed by atoms with Gasteiger partial charge in [0.15, 0.2) is 0 Å². The van der Waals surface area contributed by atoms with E-state index in [-0.39, 0.29) is 5.78 Å². The highest BCUT2D eigenvalue weighted by molar-refractivity contribution is 7.15. The number of carbonyl (C=O) groups is 1. The van der Waals surface area contributed by atoms with Crippen molar-refractivity contribution in [1.29, 1.82) is 0 Å². The van der Waals surface area contributed by atoms with Gasteiger partial charge >= 0.3 is 0 Å². The molecule has 0 spiro atoms. The molecule has 0 fully saturated rings. The molecular weight excluding hydrogens is 210 g/mol. The van der Waals surface area contributed by atoms with Crippen molar-refractivity contribution in [3.63, 3.8) is 0 Å². The van der Waals surface area contributed by atoms with Crippen LogP contribution in [0, 0.1) is 6.92 Å². The Bertz CT molecular complexity index is 484. The third-order valence-corrected chi connectivity index (χ3v) is 2.92. The van der Waals surface area contributed by atoms with Gasteiger partial charge in [-0.15, -0.1) is 11.3 Å². The maximum atomic E-state index is 10.9. The van der Waals surface area contributed by atoms with Gasteiger partial charge in [0.1, 0.15) is 11.5 Å². The zero-order chi connectivity index (χ0) is 10.8. The van der Waals surface area contributed by atoms with E-state index in [1.807, 2.05) is 19.1 Å². The van der Waals surface area contributed by atoms with Crippen LogP contribution in [0.15, 0.2) is 22.7 Å². The number of hydrogen-bond donors (Lipinski definition) is 0. The van der Waals surface area contributed by atoms with E-state index in [2.05, 4.69) is 4.98 Å². The van der Waals surface area contributed by atoms with Crippen molar-refractivity contribution in [3.8, 4) is 10.8 Å². The summed E-state index contributed by atoms with van der Waals surface area (Å²) >= 11 is 1.63. The molecule has 0 aliphatic rings. The number of oxazole rings is 1. The van der Waals surface area contributed by atoms with Gasteiger partial charge in [-0.3, -0.25) is 4.79 Å². The van der Waals surface area contributed by atoms with Crippen LogP contribution in [0.3, 0.4) is 0 Å². The molecule has 2 heterocycles. The van der Waals surface area contributed by atoms with Crippen molar-refractivity contribution < 1.29 is 9.21 Å². The van der Waals surface area contributed by atoms with Crippen LogP contribution < -0.4 is 0 Å². The van der Waals surface area contributed by atoms with Crippen LogP contribution in [0.5, 0.6) is 0 Å². The lowest BCUT2D eigenvalue weighted by atomic mass is 10.3. The second-order valence-electron chi connectivity index (χ2n) is 3.42. The molecule has 3 nitrogen and oxygen atoms in total. The van der Waals surface area contributed by atoms with Crippen LogP contribution in [0.25, 0.3) is 10.8 Å². The lowest BCUT2D eigenvalue weighted by Crippen LogP contribution is -1.93. The van der Waals surface area contributed by atoms with E-state index in [0.29, 0.717) is 18.1 Å². The van der Waals surface area contributed by atoms with Gasteiger partial charge in [0, 0.05) is 4.88 Å². The Morgan fingerprint density at radius 3 is 2.93 bits per heavy atom. The van der Waals surface area contributed by atoms with Gasteiger partial charge in [0.2, 0.25) is 5.89 Å². The van der Waals surface area contributed by atoms with E-state index in [4.69, 9.17) is 4.42 Å². The van der Waals surface area contributed by atoms with Crippen molar-refractivity contribution in [1.82, 2.24) is 4.98 Å². The maximum absolute atomic E-state index is 10.9. The Kier molecular flexibility index (Phi) is 2.68. The molecule has 2 aromatic rings. The third kappa shape index (κ3) is 2.33. The number of nitrogens with zero attached hydrogens (tertiary/aromatic N) is 1. The Balaban J connectivity index is 2.23. The maximum Gasteiger partial charge on any atom is 0.236 e. The summed E-state index contributed by atoms with van der Waals surface area (Å²) < 4.78 is 5.47. The van der Waals surface area contributed by atoms with E-state index in [1.165, 1.54) is 11.8 Å². The third-order valence-electron chi connectivity index (χ3n) is 1.93. The van der Waals surface area contributed by atoms with Crippen molar-refractivity contribution in [2.24, 2.45) is 0 Å². The molecule has 0 atom stereocenters. The highest BCUT2D eigenvalue weighted by Gasteiger charge is 2.09. The number of thiophene rings is 1. The van der Waals surface area contributed by atoms with Crippen molar-refractivity contribution in [2.75, 3.05) is 0 Å². The Labute approximate surface area is 91.8 Å². The Morgan fingerprint density at radius 1 is 1.53 bits per heavy atom. The van der Waals surface area contributed by atoms with E-state index in [9.17, 15) is 4.79 Å². The molecule has 0 saturated heterocycles. The van der Waals surface area contributed by atoms with Gasteiger partial charge in [-0.2, -0.15) is 0 Å². The average Bonchev–Trinajstić information content (AvgIpc) is 2.72. The monoisotopic (exact) mass is 221 g/mol. The molecular formula is C11H11NO2S. The predicted octanol–water partition coefficient (Wildman–Crippen LogP) is 2.84. The summed E-state index contributed by atoms with van der Waals surface area (Å²) in [6.45, 7) is 3.57. The zero-order valence-electron chi connectivity index (χ0n) is 8.61. The van der Waals surface area contributed by atoms with Crippen LogP contribution in [0.1, 0.15) is 17.6 Å². The molecule has 0 N–H and O–H groups in total. The molecule has 2 rings (SSSR count). The fourth-order valence-corrected chi connectivity index (χ4v) is 2.10. The lowest BCUT2D eigenvalue weighted by Gasteiger charge is -1.89. The molecule has 78 valence electrons. The first kappa shape index (κ1) is 10.1. The number of rotatable bonds is 3. The summed E-state index contributed by atoms with van der Waals surface area (Å²) in [5.41, 5.74) is 0. The summed E-state index contributed by atoms with van der Waals surface area (Å²) in [5, 5.41) is 0. The summed E-state index contributed by atoms with van der Waals surface area (Å²) in [4.78, 5) is 17.2. The van der Waals surface area contributed by atoms with Gasteiger partial charge in [0.05, 0.1) is 17.5 Å². The minimum Gasteiger partial charge on any atom is -0.440 e. The van der Waals surface area contributed by atoms with Crippen LogP contribution in [-0.4, -0.2) is 10.8 Å². The molecule has 0 saturated carbocycles. The molecule has 0 aromatic carbocycles. The molecule has 15 heavy (non-hydrogen) atoms. The Morgan fingerprint density at radius 2 is 2.33 bits per heavy atom. The second kappa shape index (κ2) is 3.98. The van der Waals surface area contributed by atoms with E-state index in [1.54, 1.807) is 17.5 Å². The fraction of sp³-hybridized carbons (Fsp3) is 0.273. The van der Waals surface area contributed by atoms with Gasteiger partial charge < -0.3 is 4.42 Å². The molecule has 2 aromatic heterocycles. The average molecular weight is 221 g/mol. The topological polar surface area (TPSA) is 43.1 Å². The first-order chi connectivity index (χ1) is 7.15. The van der Waals surface area contributed by atoms with Gasteiger partial charge in [0.25, 0.3) is 0 Å². The standard InChI is InChI=1S/C11H11NO2S/c1-7(13)5-9-6-12-11(14-9)10-4-3-8(2)15-10/h3-4,6H,5H2,1-2H3. The van der Waals surface area contributed by atoms with E-state index < -0.39 is 0 Å². The van der Waals surface area contributed by atoms with E-state index >= 15 is 0 Å². The second-order valence-corrected chi connectivity index (χ2v) is 4.71. The molecule has 0 radical (unpaired) electrons. The Hall–Kier alpha value is -1.42. The number of carbonyl (C=O) groups excluding carboxylic acids is 1. The predicted molar refractivity (Wildman–Crippen MR) is 58.9 cm³/mol. The zero-order valence-corrected chi connectivity index (χ0v) is 9.43. The molecule has 0 aliphatic heterocycles. The highest BCUT2D eigenvalue weighted by Crippen LogP contribution is 2.27. The largest absolute Gasteiger partial charge is 0.440 e. The van der Waals surface area contributed by atoms with Crippen molar-refractivity contribution in [2.45, 2.75) is 20.3 Å². The lowest BCUT2D eigenvalue weighted by molar-refractivity contribution is -0.116. The quantitative estimate of drug-likeness (QED) is 0.800. The number of aromatic nitrogens is 1. The summed E-state index contributed by atoms with van der Waals surface area (Å²) in [6, 6.07) is 4.00. The van der Waals surface area contributed by atoms with Crippen molar-refractivity contribution in [3.05, 3.63) is 29.0 Å². The van der Waals surface area contributed by atoms with Gasteiger partial charge in [-0.05, 0) is 26.0 Å². The highest BCUT2D eigenvalue weighted by atomic mass is 32.1. The SMILES string of the molecule is CC(=O)Cc1cnc(-c2ccc(C)s2)o1. The molecule has 0 unspecified atom stereocenters. The summed E-state index contributed by atoms with van der Waals surface area (Å²) in [5.74, 6) is 1.31. The molecule has 0 bridgehead atoms. The van der Waals surface area contributed by atoms with Gasteiger partial charge in [-0.1, -0.05) is 0 Å². The molecule has 4 heteroatoms. The van der Waals surface area contributed by atoms with Crippen LogP contribution in [0.4, 0.5) is 0 Å². The first-order valence-corrected chi connectivity index (χ1v) is 5.48. The summed E-state index contributed by atoms with van der Waals surface area (Å²) in [7, 11) is 0. The first-order valence-electron chi connectivity index (χ1n) is 4.66. The molecule has 0 amide bonds. The summed E-state index contributed by atoms with van der Waals surface area (Å²) in [6.07, 6.45) is 1.93. The minimum absolute atomic E-state index is 0.0834. The number of ketones is 1. The normalized spacial score (nSPS) is 10.5. The van der Waals surface area contributed by atoms with Crippen LogP contribution >= 0.6 is 11.3 Å². The fourth-order valence-electron chi connectivity index (χ4n) is 1.30. The van der Waals surface area contributed by atoms with Gasteiger partial charge in [-0.25, -0.2) is 4.98 Å².